The van der Waals surface area contributed by atoms with Crippen molar-refractivity contribution in [2.75, 3.05) is 12.8 Å². The van der Waals surface area contributed by atoms with Crippen molar-refractivity contribution in [2.24, 2.45) is 0 Å². The Kier molecular flexibility index (Phi) is 4.97. The summed E-state index contributed by atoms with van der Waals surface area (Å²) in [4.78, 5) is 31.5. The summed E-state index contributed by atoms with van der Waals surface area (Å²) in [5.41, 5.74) is -0.831. The quantitative estimate of drug-likeness (QED) is 0.563. The maximum absolute atomic E-state index is 11.7. The first-order valence-corrected chi connectivity index (χ1v) is 7.50. The fraction of sp³-hybridized carbons (Fsp3) is 0.273. The third kappa shape index (κ3) is 4.53. The van der Waals surface area contributed by atoms with Crippen molar-refractivity contribution in [3.05, 3.63) is 33.9 Å². The summed E-state index contributed by atoms with van der Waals surface area (Å²) in [6.45, 7) is -0.143. The molecule has 0 bridgehead atoms. The van der Waals surface area contributed by atoms with Crippen LogP contribution in [0.25, 0.3) is 0 Å². The van der Waals surface area contributed by atoms with Gasteiger partial charge in [-0.2, -0.15) is 0 Å². The first-order chi connectivity index (χ1) is 9.62. The van der Waals surface area contributed by atoms with Gasteiger partial charge in [0, 0.05) is 24.4 Å². The maximum atomic E-state index is 11.7. The first kappa shape index (κ1) is 16.6. The highest BCUT2D eigenvalue weighted by Gasteiger charge is 2.23. The number of nitro benzene ring substituents is 1. The number of hydrogen-bond donors (Lipinski definition) is 2. The summed E-state index contributed by atoms with van der Waals surface area (Å²) in [5.74, 6) is -1.83. The predicted molar refractivity (Wildman–Crippen MR) is 70.8 cm³/mol. The zero-order valence-corrected chi connectivity index (χ0v) is 11.7. The van der Waals surface area contributed by atoms with E-state index in [4.69, 9.17) is 5.11 Å². The molecule has 0 aliphatic rings. The van der Waals surface area contributed by atoms with Gasteiger partial charge in [0.05, 0.1) is 11.3 Å². The Labute approximate surface area is 119 Å². The monoisotopic (exact) mass is 316 g/mol. The number of hydrogen-bond acceptors (Lipinski definition) is 6. The highest BCUT2D eigenvalue weighted by Crippen LogP contribution is 2.24. The Morgan fingerprint density at radius 2 is 2.00 bits per heavy atom. The molecule has 9 nitrogen and oxygen atoms in total. The predicted octanol–water partition coefficient (Wildman–Crippen LogP) is 0.203. The average Bonchev–Trinajstić information content (AvgIpc) is 2.36. The van der Waals surface area contributed by atoms with Gasteiger partial charge in [-0.3, -0.25) is 19.7 Å². The number of amides is 1. The molecule has 0 unspecified atom stereocenters. The minimum Gasteiger partial charge on any atom is -0.481 e. The molecule has 1 rings (SSSR count). The number of aliphatic carboxylic acids is 1. The van der Waals surface area contributed by atoms with Crippen LogP contribution in [-0.4, -0.2) is 43.1 Å². The molecule has 0 radical (unpaired) electrons. The van der Waals surface area contributed by atoms with Crippen molar-refractivity contribution in [1.29, 1.82) is 0 Å². The molecule has 0 aromatic heterocycles. The van der Waals surface area contributed by atoms with E-state index in [9.17, 15) is 28.1 Å². The third-order valence-corrected chi connectivity index (χ3v) is 3.59. The van der Waals surface area contributed by atoms with Crippen LogP contribution in [0.15, 0.2) is 23.1 Å². The van der Waals surface area contributed by atoms with Gasteiger partial charge in [0.25, 0.3) is 11.6 Å². The van der Waals surface area contributed by atoms with Crippen molar-refractivity contribution < 1.29 is 28.0 Å². The van der Waals surface area contributed by atoms with Crippen LogP contribution in [0.2, 0.25) is 0 Å². The lowest BCUT2D eigenvalue weighted by molar-refractivity contribution is -0.387. The third-order valence-electron chi connectivity index (χ3n) is 2.44. The SMILES string of the molecule is CS(=O)(=O)c1ccc(C(=O)NCCC(=O)O)cc1[N+](=O)[O-]. The van der Waals surface area contributed by atoms with Gasteiger partial charge in [-0.1, -0.05) is 0 Å². The normalized spacial score (nSPS) is 10.9. The molecular weight excluding hydrogens is 304 g/mol. The number of sulfone groups is 1. The van der Waals surface area contributed by atoms with Gasteiger partial charge in [0.1, 0.15) is 4.90 Å². The highest BCUT2D eigenvalue weighted by atomic mass is 32.2. The van der Waals surface area contributed by atoms with E-state index in [-0.39, 0.29) is 18.5 Å². The van der Waals surface area contributed by atoms with Crippen molar-refractivity contribution in [3.8, 4) is 0 Å². The van der Waals surface area contributed by atoms with Crippen LogP contribution < -0.4 is 5.32 Å². The molecule has 1 amide bonds. The second-order valence-corrected chi connectivity index (χ2v) is 6.10. The van der Waals surface area contributed by atoms with Gasteiger partial charge in [0.15, 0.2) is 9.84 Å². The number of nitrogens with one attached hydrogen (secondary N) is 1. The Bertz CT molecular complexity index is 697. The van der Waals surface area contributed by atoms with Crippen LogP contribution >= 0.6 is 0 Å². The average molecular weight is 316 g/mol. The number of nitro groups is 1. The molecule has 0 atom stereocenters. The molecule has 1 aromatic rings. The molecule has 10 heteroatoms. The summed E-state index contributed by atoms with van der Waals surface area (Å²) in [5, 5.41) is 21.6. The molecule has 0 aliphatic carbocycles. The molecule has 0 heterocycles. The smallest absolute Gasteiger partial charge is 0.305 e. The molecule has 0 spiro atoms. The fourth-order valence-electron chi connectivity index (χ4n) is 1.50. The standard InChI is InChI=1S/C11H12N2O7S/c1-21(19,20)9-3-2-7(6-8(9)13(17)18)11(16)12-5-4-10(14)15/h2-3,6H,4-5H2,1H3,(H,12,16)(H,14,15). The van der Waals surface area contributed by atoms with Gasteiger partial charge in [-0.05, 0) is 12.1 Å². The Morgan fingerprint density at radius 3 is 2.48 bits per heavy atom. The second-order valence-electron chi connectivity index (χ2n) is 4.11. The van der Waals surface area contributed by atoms with E-state index in [0.717, 1.165) is 24.5 Å². The Hall–Kier alpha value is -2.49. The number of rotatable bonds is 6. The number of benzene rings is 1. The van der Waals surface area contributed by atoms with Crippen LogP contribution in [0.4, 0.5) is 5.69 Å². The summed E-state index contributed by atoms with van der Waals surface area (Å²) >= 11 is 0. The fourth-order valence-corrected chi connectivity index (χ4v) is 2.33. The summed E-state index contributed by atoms with van der Waals surface area (Å²) in [6, 6.07) is 2.94. The molecule has 0 saturated heterocycles. The zero-order chi connectivity index (χ0) is 16.2. The van der Waals surface area contributed by atoms with Crippen LogP contribution in [0.5, 0.6) is 0 Å². The molecule has 1 aromatic carbocycles. The van der Waals surface area contributed by atoms with Gasteiger partial charge in [-0.15, -0.1) is 0 Å². The number of carboxylic acids is 1. The summed E-state index contributed by atoms with van der Waals surface area (Å²) < 4.78 is 22.8. The van der Waals surface area contributed by atoms with E-state index < -0.39 is 37.2 Å². The largest absolute Gasteiger partial charge is 0.481 e. The van der Waals surface area contributed by atoms with Gasteiger partial charge >= 0.3 is 5.97 Å². The van der Waals surface area contributed by atoms with E-state index in [1.165, 1.54) is 0 Å². The van der Waals surface area contributed by atoms with Crippen molar-refractivity contribution in [2.45, 2.75) is 11.3 Å². The lowest BCUT2D eigenvalue weighted by Gasteiger charge is -2.05. The number of nitrogens with zero attached hydrogens (tertiary/aromatic N) is 1. The molecular formula is C11H12N2O7S. The van der Waals surface area contributed by atoms with Crippen molar-refractivity contribution in [3.63, 3.8) is 0 Å². The van der Waals surface area contributed by atoms with E-state index in [1.54, 1.807) is 0 Å². The minimum absolute atomic E-state index is 0.125. The van der Waals surface area contributed by atoms with Gasteiger partial charge < -0.3 is 10.4 Å². The second kappa shape index (κ2) is 6.31. The van der Waals surface area contributed by atoms with Crippen LogP contribution in [0.3, 0.4) is 0 Å². The molecule has 0 fully saturated rings. The van der Waals surface area contributed by atoms with E-state index in [1.807, 2.05) is 0 Å². The molecule has 0 saturated carbocycles. The maximum Gasteiger partial charge on any atom is 0.305 e. The molecule has 0 aliphatic heterocycles. The topological polar surface area (TPSA) is 144 Å². The number of carboxylic acid groups (broad SMARTS) is 1. The van der Waals surface area contributed by atoms with Crippen LogP contribution in [-0.2, 0) is 14.6 Å². The van der Waals surface area contributed by atoms with E-state index in [0.29, 0.717) is 0 Å². The lowest BCUT2D eigenvalue weighted by atomic mass is 10.2. The van der Waals surface area contributed by atoms with E-state index in [2.05, 4.69) is 5.32 Å². The van der Waals surface area contributed by atoms with Gasteiger partial charge in [-0.25, -0.2) is 8.42 Å². The van der Waals surface area contributed by atoms with E-state index >= 15 is 0 Å². The lowest BCUT2D eigenvalue weighted by Crippen LogP contribution is -2.26. The van der Waals surface area contributed by atoms with Crippen molar-refractivity contribution in [1.82, 2.24) is 5.32 Å². The van der Waals surface area contributed by atoms with Gasteiger partial charge in [0.2, 0.25) is 0 Å². The Balaban J connectivity index is 3.06. The zero-order valence-electron chi connectivity index (χ0n) is 10.9. The minimum atomic E-state index is -3.80. The summed E-state index contributed by atoms with van der Waals surface area (Å²) in [7, 11) is -3.80. The van der Waals surface area contributed by atoms with Crippen molar-refractivity contribution >= 4 is 27.4 Å². The highest BCUT2D eigenvalue weighted by molar-refractivity contribution is 7.90. The first-order valence-electron chi connectivity index (χ1n) is 5.61. The van der Waals surface area contributed by atoms with Crippen LogP contribution in [0.1, 0.15) is 16.8 Å². The number of carbonyl (C=O) groups is 2. The summed E-state index contributed by atoms with van der Waals surface area (Å²) in [6.07, 6.45) is 0.525. The van der Waals surface area contributed by atoms with Crippen LogP contribution in [0, 0.1) is 10.1 Å². The molecule has 114 valence electrons. The number of carbonyl (C=O) groups excluding carboxylic acids is 1. The Morgan fingerprint density at radius 1 is 1.38 bits per heavy atom. The molecule has 21 heavy (non-hydrogen) atoms. The molecule has 2 N–H and O–H groups in total.